The quantitative estimate of drug-likeness (QED) is 0.314. The number of hydrogen-bond donors (Lipinski definition) is 2. The van der Waals surface area contributed by atoms with Crippen molar-refractivity contribution in [2.24, 2.45) is 5.92 Å². The molecule has 1 aromatic heterocycles. The summed E-state index contributed by atoms with van der Waals surface area (Å²) >= 11 is 0. The molecule has 2 N–H and O–H groups in total. The SMILES string of the molecule is COc1ccc(-c2cnc3c(c2)C(=O)N([C@H](C)CO)C[C@H](C)[C@H](CN(C)C(=O)Nc2cccc4ccccc24)O3)cc1. The first kappa shape index (κ1) is 28.9. The van der Waals surface area contributed by atoms with Crippen molar-refractivity contribution in [3.05, 3.63) is 84.6 Å². The van der Waals surface area contributed by atoms with E-state index in [0.717, 1.165) is 33.3 Å². The number of anilines is 1. The Bertz CT molecular complexity index is 1570. The summed E-state index contributed by atoms with van der Waals surface area (Å²) in [6.45, 7) is 4.21. The number of urea groups is 1. The summed E-state index contributed by atoms with van der Waals surface area (Å²) in [5.74, 6) is 0.506. The van der Waals surface area contributed by atoms with Gasteiger partial charge in [0, 0.05) is 36.7 Å². The number of aromatic nitrogens is 1. The number of aliphatic hydroxyl groups excluding tert-OH is 1. The van der Waals surface area contributed by atoms with Gasteiger partial charge >= 0.3 is 6.03 Å². The average molecular weight is 569 g/mol. The minimum atomic E-state index is -0.465. The number of nitrogens with one attached hydrogen (secondary N) is 1. The van der Waals surface area contributed by atoms with Crippen LogP contribution in [0.1, 0.15) is 24.2 Å². The Morgan fingerprint density at radius 3 is 2.62 bits per heavy atom. The molecular formula is C33H36N4O5. The highest BCUT2D eigenvalue weighted by atomic mass is 16.5. The maximum absolute atomic E-state index is 13.8. The number of carbonyl (C=O) groups is 2. The first-order chi connectivity index (χ1) is 20.3. The molecule has 0 fully saturated rings. The zero-order chi connectivity index (χ0) is 29.8. The lowest BCUT2D eigenvalue weighted by atomic mass is 9.99. The molecule has 3 aromatic carbocycles. The molecule has 0 bridgehead atoms. The fraction of sp³-hybridized carbons (Fsp3) is 0.303. The molecule has 3 amide bonds. The third kappa shape index (κ3) is 6.01. The minimum absolute atomic E-state index is 0.160. The van der Waals surface area contributed by atoms with E-state index in [4.69, 9.17) is 9.47 Å². The Kier molecular flexibility index (Phi) is 8.59. The highest BCUT2D eigenvalue weighted by molar-refractivity contribution is 6.01. The fourth-order valence-corrected chi connectivity index (χ4v) is 5.16. The standard InChI is InChI=1S/C33H36N4O5/c1-21-18-37(22(2)20-38)32(39)28-16-25(23-12-14-26(41-4)15-13-23)17-34-31(28)42-30(21)19-36(3)33(40)35-29-11-7-9-24-8-5-6-10-27(24)29/h5-17,21-22,30,38H,18-20H2,1-4H3,(H,35,40)/t21-,22+,30-/m0/s1. The van der Waals surface area contributed by atoms with Gasteiger partial charge in [-0.05, 0) is 42.1 Å². The van der Waals surface area contributed by atoms with Crippen LogP contribution >= 0.6 is 0 Å². The Morgan fingerprint density at radius 1 is 1.14 bits per heavy atom. The van der Waals surface area contributed by atoms with Crippen LogP contribution in [-0.2, 0) is 0 Å². The Morgan fingerprint density at radius 2 is 1.88 bits per heavy atom. The highest BCUT2D eigenvalue weighted by Gasteiger charge is 2.35. The van der Waals surface area contributed by atoms with Gasteiger partial charge in [-0.1, -0.05) is 55.5 Å². The molecule has 42 heavy (non-hydrogen) atoms. The van der Waals surface area contributed by atoms with Crippen LogP contribution in [-0.4, -0.2) is 77.8 Å². The maximum Gasteiger partial charge on any atom is 0.321 e. The lowest BCUT2D eigenvalue weighted by Gasteiger charge is -2.37. The molecule has 2 heterocycles. The zero-order valence-corrected chi connectivity index (χ0v) is 24.3. The third-order valence-corrected chi connectivity index (χ3v) is 7.78. The van der Waals surface area contributed by atoms with Gasteiger partial charge in [-0.25, -0.2) is 9.78 Å². The molecule has 1 aliphatic rings. The van der Waals surface area contributed by atoms with E-state index in [-0.39, 0.29) is 36.9 Å². The second-order valence-electron chi connectivity index (χ2n) is 10.8. The van der Waals surface area contributed by atoms with Gasteiger partial charge < -0.3 is 29.7 Å². The van der Waals surface area contributed by atoms with Gasteiger partial charge in [-0.15, -0.1) is 0 Å². The van der Waals surface area contributed by atoms with Crippen molar-refractivity contribution in [1.29, 1.82) is 0 Å². The molecule has 0 saturated carbocycles. The molecular weight excluding hydrogens is 532 g/mol. The number of aliphatic hydroxyl groups is 1. The number of carbonyl (C=O) groups excluding carboxylic acids is 2. The van der Waals surface area contributed by atoms with Gasteiger partial charge in [0.2, 0.25) is 5.88 Å². The van der Waals surface area contributed by atoms with Gasteiger partial charge in [0.25, 0.3) is 5.91 Å². The number of ether oxygens (including phenoxy) is 2. The molecule has 3 atom stereocenters. The summed E-state index contributed by atoms with van der Waals surface area (Å²) in [6, 6.07) is 22.3. The molecule has 0 unspecified atom stereocenters. The first-order valence-electron chi connectivity index (χ1n) is 14.0. The van der Waals surface area contributed by atoms with Crippen LogP contribution in [0.15, 0.2) is 79.0 Å². The van der Waals surface area contributed by atoms with Crippen LogP contribution in [0.25, 0.3) is 21.9 Å². The van der Waals surface area contributed by atoms with E-state index in [1.807, 2.05) is 80.6 Å². The number of pyridine rings is 1. The van der Waals surface area contributed by atoms with Gasteiger partial charge in [-0.3, -0.25) is 4.79 Å². The van der Waals surface area contributed by atoms with Crippen LogP contribution in [0.4, 0.5) is 10.5 Å². The average Bonchev–Trinajstić information content (AvgIpc) is 3.02. The summed E-state index contributed by atoms with van der Waals surface area (Å²) in [5.41, 5.74) is 2.66. The molecule has 1 aliphatic heterocycles. The predicted molar refractivity (Wildman–Crippen MR) is 163 cm³/mol. The number of benzene rings is 3. The summed E-state index contributed by atoms with van der Waals surface area (Å²) in [6.07, 6.45) is 1.21. The number of methoxy groups -OCH3 is 1. The van der Waals surface area contributed by atoms with E-state index >= 15 is 0 Å². The molecule has 0 radical (unpaired) electrons. The number of hydrogen-bond acceptors (Lipinski definition) is 6. The molecule has 218 valence electrons. The Hall–Kier alpha value is -4.63. The predicted octanol–water partition coefficient (Wildman–Crippen LogP) is 5.29. The van der Waals surface area contributed by atoms with Crippen LogP contribution in [0.5, 0.6) is 11.6 Å². The molecule has 9 heteroatoms. The van der Waals surface area contributed by atoms with Crippen molar-refractivity contribution < 1.29 is 24.2 Å². The smallest absolute Gasteiger partial charge is 0.321 e. The van der Waals surface area contributed by atoms with Crippen molar-refractivity contribution in [1.82, 2.24) is 14.8 Å². The number of likely N-dealkylation sites (N-methyl/N-ethyl adjacent to an activating group) is 1. The third-order valence-electron chi connectivity index (χ3n) is 7.78. The topological polar surface area (TPSA) is 104 Å². The molecule has 0 aliphatic carbocycles. The van der Waals surface area contributed by atoms with Crippen molar-refractivity contribution in [3.63, 3.8) is 0 Å². The fourth-order valence-electron chi connectivity index (χ4n) is 5.16. The van der Waals surface area contributed by atoms with Gasteiger partial charge in [0.15, 0.2) is 0 Å². The van der Waals surface area contributed by atoms with Crippen LogP contribution in [0.3, 0.4) is 0 Å². The summed E-state index contributed by atoms with van der Waals surface area (Å²) < 4.78 is 11.7. The minimum Gasteiger partial charge on any atom is -0.497 e. The molecule has 9 nitrogen and oxygen atoms in total. The Labute approximate surface area is 245 Å². The summed E-state index contributed by atoms with van der Waals surface area (Å²) in [7, 11) is 3.33. The number of amides is 3. The van der Waals surface area contributed by atoms with Crippen molar-refractivity contribution in [3.8, 4) is 22.8 Å². The van der Waals surface area contributed by atoms with E-state index in [0.29, 0.717) is 12.1 Å². The van der Waals surface area contributed by atoms with Crippen LogP contribution in [0.2, 0.25) is 0 Å². The normalized spacial score (nSPS) is 17.5. The second-order valence-corrected chi connectivity index (χ2v) is 10.8. The lowest BCUT2D eigenvalue weighted by Crippen LogP contribution is -2.50. The highest BCUT2D eigenvalue weighted by Crippen LogP contribution is 2.31. The van der Waals surface area contributed by atoms with Crippen LogP contribution in [0, 0.1) is 5.92 Å². The Balaban J connectivity index is 1.42. The van der Waals surface area contributed by atoms with E-state index in [1.165, 1.54) is 0 Å². The summed E-state index contributed by atoms with van der Waals surface area (Å²) in [5, 5.41) is 15.0. The first-order valence-corrected chi connectivity index (χ1v) is 14.0. The van der Waals surface area contributed by atoms with Crippen molar-refractivity contribution in [2.75, 3.05) is 39.2 Å². The molecule has 0 saturated heterocycles. The molecule has 0 spiro atoms. The molecule has 4 aromatic rings. The van der Waals surface area contributed by atoms with E-state index in [9.17, 15) is 14.7 Å². The number of rotatable bonds is 7. The van der Waals surface area contributed by atoms with E-state index < -0.39 is 12.1 Å². The van der Waals surface area contributed by atoms with Crippen molar-refractivity contribution in [2.45, 2.75) is 26.0 Å². The van der Waals surface area contributed by atoms with Gasteiger partial charge in [0.1, 0.15) is 17.4 Å². The van der Waals surface area contributed by atoms with E-state index in [1.54, 1.807) is 36.2 Å². The maximum atomic E-state index is 13.8. The van der Waals surface area contributed by atoms with Gasteiger partial charge in [-0.2, -0.15) is 0 Å². The lowest BCUT2D eigenvalue weighted by molar-refractivity contribution is 0.0356. The monoisotopic (exact) mass is 568 g/mol. The number of fused-ring (bicyclic) bond motifs is 2. The zero-order valence-electron chi connectivity index (χ0n) is 24.3. The summed E-state index contributed by atoms with van der Waals surface area (Å²) in [4.78, 5) is 34.9. The second kappa shape index (κ2) is 12.5. The van der Waals surface area contributed by atoms with Crippen molar-refractivity contribution >= 4 is 28.4 Å². The van der Waals surface area contributed by atoms with Gasteiger partial charge in [0.05, 0.1) is 32.0 Å². The molecule has 5 rings (SSSR count). The van der Waals surface area contributed by atoms with Crippen LogP contribution < -0.4 is 14.8 Å². The number of nitrogens with zero attached hydrogens (tertiary/aromatic N) is 3. The largest absolute Gasteiger partial charge is 0.497 e. The van der Waals surface area contributed by atoms with E-state index in [2.05, 4.69) is 10.3 Å².